The Morgan fingerprint density at radius 2 is 1.92 bits per heavy atom. The summed E-state index contributed by atoms with van der Waals surface area (Å²) in [7, 11) is 0. The first-order chi connectivity index (χ1) is 12.3. The van der Waals surface area contributed by atoms with Crippen molar-refractivity contribution in [1.29, 1.82) is 0 Å². The van der Waals surface area contributed by atoms with Crippen LogP contribution >= 0.6 is 0 Å². The van der Waals surface area contributed by atoms with Gasteiger partial charge in [0.25, 0.3) is 5.56 Å². The number of benzene rings is 1. The maximum Gasteiger partial charge on any atom is 0.268 e. The average Bonchev–Trinajstić information content (AvgIpc) is 2.67. The second-order valence-electron chi connectivity index (χ2n) is 6.24. The van der Waals surface area contributed by atoms with Gasteiger partial charge >= 0.3 is 0 Å². The summed E-state index contributed by atoms with van der Waals surface area (Å²) in [5.41, 5.74) is 2.16. The van der Waals surface area contributed by atoms with Gasteiger partial charge in [-0.2, -0.15) is 5.10 Å². The van der Waals surface area contributed by atoms with E-state index in [9.17, 15) is 4.79 Å². The number of aryl methyl sites for hydroxylation is 1. The van der Waals surface area contributed by atoms with E-state index in [0.29, 0.717) is 19.8 Å². The number of aromatic nitrogens is 2. The van der Waals surface area contributed by atoms with Crippen LogP contribution in [0.2, 0.25) is 0 Å². The van der Waals surface area contributed by atoms with E-state index in [1.807, 2.05) is 6.07 Å². The smallest absolute Gasteiger partial charge is 0.268 e. The van der Waals surface area contributed by atoms with Gasteiger partial charge in [0.05, 0.1) is 25.1 Å². The van der Waals surface area contributed by atoms with Gasteiger partial charge in [-0.05, 0) is 24.9 Å². The van der Waals surface area contributed by atoms with Crippen LogP contribution in [0.15, 0.2) is 47.4 Å². The van der Waals surface area contributed by atoms with E-state index in [1.165, 1.54) is 5.56 Å². The minimum atomic E-state index is -0.0266. The van der Waals surface area contributed by atoms with Crippen LogP contribution in [0.3, 0.4) is 0 Å². The molecule has 6 heteroatoms. The van der Waals surface area contributed by atoms with E-state index < -0.39 is 0 Å². The van der Waals surface area contributed by atoms with Crippen molar-refractivity contribution in [3.05, 3.63) is 58.5 Å². The van der Waals surface area contributed by atoms with Crippen molar-refractivity contribution in [2.45, 2.75) is 25.9 Å². The summed E-state index contributed by atoms with van der Waals surface area (Å²) in [6, 6.07) is 12.1. The number of hydrogen-bond acceptors (Lipinski definition) is 5. The Balaban J connectivity index is 1.38. The van der Waals surface area contributed by atoms with E-state index in [-0.39, 0.29) is 5.56 Å². The maximum atomic E-state index is 12.2. The highest BCUT2D eigenvalue weighted by Crippen LogP contribution is 2.11. The molecule has 0 spiro atoms. The molecular weight excluding hydrogens is 316 g/mol. The summed E-state index contributed by atoms with van der Waals surface area (Å²) in [4.78, 5) is 14.4. The molecule has 0 atom stereocenters. The zero-order valence-corrected chi connectivity index (χ0v) is 14.6. The molecule has 1 aliphatic rings. The third kappa shape index (κ3) is 5.41. The Labute approximate surface area is 148 Å². The third-order valence-corrected chi connectivity index (χ3v) is 4.38. The van der Waals surface area contributed by atoms with Crippen molar-refractivity contribution in [3.8, 4) is 0 Å². The second kappa shape index (κ2) is 9.34. The number of nitrogens with zero attached hydrogens (tertiary/aromatic N) is 3. The van der Waals surface area contributed by atoms with E-state index in [1.54, 1.807) is 16.9 Å². The molecule has 1 aromatic carbocycles. The van der Waals surface area contributed by atoms with Crippen LogP contribution in [0.1, 0.15) is 18.4 Å². The van der Waals surface area contributed by atoms with Crippen LogP contribution in [-0.2, 0) is 17.8 Å². The standard InChI is InChI=1S/C19H26N4O2/c24-19-14-18(22-10-12-25-13-11-22)16-21-23(19)9-5-4-8-20-15-17-6-2-1-3-7-17/h1-3,6-7,14,16,20H,4-5,8-13,15H2. The summed E-state index contributed by atoms with van der Waals surface area (Å²) in [5, 5.41) is 7.75. The van der Waals surface area contributed by atoms with Crippen LogP contribution in [0.4, 0.5) is 5.69 Å². The van der Waals surface area contributed by atoms with Gasteiger partial charge in [0.2, 0.25) is 0 Å². The molecule has 1 fully saturated rings. The van der Waals surface area contributed by atoms with Crippen LogP contribution in [0.5, 0.6) is 0 Å². The molecule has 0 amide bonds. The highest BCUT2D eigenvalue weighted by molar-refractivity contribution is 5.43. The topological polar surface area (TPSA) is 59.4 Å². The number of morpholine rings is 1. The molecule has 2 heterocycles. The minimum absolute atomic E-state index is 0.0266. The van der Waals surface area contributed by atoms with E-state index in [4.69, 9.17) is 4.74 Å². The highest BCUT2D eigenvalue weighted by atomic mass is 16.5. The molecule has 0 bridgehead atoms. The summed E-state index contributed by atoms with van der Waals surface area (Å²) in [5.74, 6) is 0. The zero-order valence-electron chi connectivity index (χ0n) is 14.6. The molecule has 6 nitrogen and oxygen atoms in total. The maximum absolute atomic E-state index is 12.2. The van der Waals surface area contributed by atoms with Crippen molar-refractivity contribution in [2.75, 3.05) is 37.7 Å². The largest absolute Gasteiger partial charge is 0.378 e. The fraction of sp³-hybridized carbons (Fsp3) is 0.474. The van der Waals surface area contributed by atoms with Gasteiger partial charge in [-0.15, -0.1) is 0 Å². The Kier molecular flexibility index (Phi) is 6.59. The van der Waals surface area contributed by atoms with E-state index in [2.05, 4.69) is 39.6 Å². The SMILES string of the molecule is O=c1cc(N2CCOCC2)cnn1CCCCNCc1ccccc1. The molecule has 1 aromatic heterocycles. The van der Waals surface area contributed by atoms with Gasteiger partial charge in [-0.1, -0.05) is 30.3 Å². The minimum Gasteiger partial charge on any atom is -0.378 e. The van der Waals surface area contributed by atoms with Crippen molar-refractivity contribution in [2.24, 2.45) is 0 Å². The molecule has 1 N–H and O–H groups in total. The Hall–Kier alpha value is -2.18. The number of unbranched alkanes of at least 4 members (excludes halogenated alkanes) is 1. The van der Waals surface area contributed by atoms with E-state index in [0.717, 1.165) is 44.7 Å². The lowest BCUT2D eigenvalue weighted by Crippen LogP contribution is -2.37. The van der Waals surface area contributed by atoms with Gasteiger partial charge in [0.1, 0.15) is 0 Å². The summed E-state index contributed by atoms with van der Waals surface area (Å²) in [6.07, 6.45) is 3.75. The fourth-order valence-corrected chi connectivity index (χ4v) is 2.93. The van der Waals surface area contributed by atoms with Gasteiger partial charge < -0.3 is 15.0 Å². The number of ether oxygens (including phenoxy) is 1. The van der Waals surface area contributed by atoms with Crippen molar-refractivity contribution < 1.29 is 4.74 Å². The van der Waals surface area contributed by atoms with E-state index >= 15 is 0 Å². The van der Waals surface area contributed by atoms with Crippen molar-refractivity contribution in [3.63, 3.8) is 0 Å². The molecule has 0 unspecified atom stereocenters. The Morgan fingerprint density at radius 3 is 2.68 bits per heavy atom. The molecule has 3 rings (SSSR count). The van der Waals surface area contributed by atoms with Crippen LogP contribution in [0, 0.1) is 0 Å². The summed E-state index contributed by atoms with van der Waals surface area (Å²) in [6.45, 7) is 5.53. The predicted molar refractivity (Wildman–Crippen MR) is 98.9 cm³/mol. The molecule has 2 aromatic rings. The van der Waals surface area contributed by atoms with Crippen LogP contribution < -0.4 is 15.8 Å². The Morgan fingerprint density at radius 1 is 1.12 bits per heavy atom. The number of rotatable bonds is 8. The first kappa shape index (κ1) is 17.6. The third-order valence-electron chi connectivity index (χ3n) is 4.38. The summed E-state index contributed by atoms with van der Waals surface area (Å²) >= 11 is 0. The first-order valence-corrected chi connectivity index (χ1v) is 8.97. The molecule has 134 valence electrons. The van der Waals surface area contributed by atoms with Crippen LogP contribution in [0.25, 0.3) is 0 Å². The van der Waals surface area contributed by atoms with Crippen molar-refractivity contribution in [1.82, 2.24) is 15.1 Å². The molecule has 0 aliphatic carbocycles. The van der Waals surface area contributed by atoms with Gasteiger partial charge in [0, 0.05) is 32.2 Å². The predicted octanol–water partition coefficient (Wildman–Crippen LogP) is 1.65. The lowest BCUT2D eigenvalue weighted by molar-refractivity contribution is 0.122. The van der Waals surface area contributed by atoms with Gasteiger partial charge in [-0.25, -0.2) is 4.68 Å². The highest BCUT2D eigenvalue weighted by Gasteiger charge is 2.12. The molecule has 0 radical (unpaired) electrons. The molecule has 1 saturated heterocycles. The number of anilines is 1. The average molecular weight is 342 g/mol. The quantitative estimate of drug-likeness (QED) is 0.739. The molecule has 0 saturated carbocycles. The van der Waals surface area contributed by atoms with Gasteiger partial charge in [0.15, 0.2) is 0 Å². The fourth-order valence-electron chi connectivity index (χ4n) is 2.93. The van der Waals surface area contributed by atoms with Crippen LogP contribution in [-0.4, -0.2) is 42.6 Å². The number of nitrogens with one attached hydrogen (secondary N) is 1. The number of hydrogen-bond donors (Lipinski definition) is 1. The van der Waals surface area contributed by atoms with Gasteiger partial charge in [-0.3, -0.25) is 4.79 Å². The Bertz CT molecular complexity index is 696. The molecular formula is C19H26N4O2. The monoisotopic (exact) mass is 342 g/mol. The van der Waals surface area contributed by atoms with Crippen molar-refractivity contribution >= 4 is 5.69 Å². The summed E-state index contributed by atoms with van der Waals surface area (Å²) < 4.78 is 6.89. The molecule has 1 aliphatic heterocycles. The normalized spacial score (nSPS) is 14.6. The lowest BCUT2D eigenvalue weighted by Gasteiger charge is -2.28. The molecule has 25 heavy (non-hydrogen) atoms. The first-order valence-electron chi connectivity index (χ1n) is 8.97. The zero-order chi connectivity index (χ0) is 17.3. The second-order valence-corrected chi connectivity index (χ2v) is 6.24. The lowest BCUT2D eigenvalue weighted by atomic mass is 10.2.